The summed E-state index contributed by atoms with van der Waals surface area (Å²) in [6.45, 7) is 2.20. The number of nitrogens with two attached hydrogens (primary N) is 1. The number of nitrogens with one attached hydrogen (secondary N) is 1. The van der Waals surface area contributed by atoms with Crippen molar-refractivity contribution in [3.8, 4) is 0 Å². The number of H-pyrrole nitrogens is 1. The maximum absolute atomic E-state index is 10.5. The summed E-state index contributed by atoms with van der Waals surface area (Å²) >= 11 is 0. The zero-order chi connectivity index (χ0) is 10.6. The minimum absolute atomic E-state index is 0.0734. The highest BCUT2D eigenvalue weighted by Gasteiger charge is 2.14. The molecule has 1 heterocycles. The van der Waals surface area contributed by atoms with Gasteiger partial charge in [0.25, 0.3) is 0 Å². The van der Waals surface area contributed by atoms with Gasteiger partial charge >= 0.3 is 5.82 Å². The van der Waals surface area contributed by atoms with Crippen molar-refractivity contribution in [1.82, 2.24) is 9.97 Å². The van der Waals surface area contributed by atoms with E-state index in [1.54, 1.807) is 19.1 Å². The fourth-order valence-electron chi connectivity index (χ4n) is 1.04. The van der Waals surface area contributed by atoms with E-state index in [0.29, 0.717) is 24.5 Å². The fourth-order valence-corrected chi connectivity index (χ4v) is 1.04. The molecule has 0 aliphatic carbocycles. The SMILES string of the molecule is Cc1nc(C=CCCN)c([N+](=O)[O-])[nH]1. The van der Waals surface area contributed by atoms with E-state index in [9.17, 15) is 10.1 Å². The minimum Gasteiger partial charge on any atom is -0.358 e. The summed E-state index contributed by atoms with van der Waals surface area (Å²) in [6, 6.07) is 0. The van der Waals surface area contributed by atoms with Crippen LogP contribution in [0.5, 0.6) is 0 Å². The molecule has 6 heteroatoms. The van der Waals surface area contributed by atoms with Crippen molar-refractivity contribution < 1.29 is 4.92 Å². The summed E-state index contributed by atoms with van der Waals surface area (Å²) in [5, 5.41) is 10.5. The fraction of sp³-hybridized carbons (Fsp3) is 0.375. The lowest BCUT2D eigenvalue weighted by molar-refractivity contribution is -0.389. The molecule has 0 unspecified atom stereocenters. The molecule has 0 aliphatic rings. The molecule has 0 spiro atoms. The highest BCUT2D eigenvalue weighted by atomic mass is 16.6. The van der Waals surface area contributed by atoms with Gasteiger partial charge in [0.1, 0.15) is 0 Å². The number of hydrogen-bond donors (Lipinski definition) is 2. The van der Waals surface area contributed by atoms with Gasteiger partial charge in [0.05, 0.1) is 0 Å². The van der Waals surface area contributed by atoms with Gasteiger partial charge in [0, 0.05) is 6.92 Å². The number of rotatable bonds is 4. The number of aryl methyl sites for hydroxylation is 1. The van der Waals surface area contributed by atoms with Crippen LogP contribution < -0.4 is 5.73 Å². The van der Waals surface area contributed by atoms with Gasteiger partial charge in [-0.15, -0.1) is 0 Å². The molecule has 1 rings (SSSR count). The number of aromatic nitrogens is 2. The van der Waals surface area contributed by atoms with Crippen LogP contribution in [0, 0.1) is 17.0 Å². The van der Waals surface area contributed by atoms with Crippen molar-refractivity contribution in [2.24, 2.45) is 5.73 Å². The van der Waals surface area contributed by atoms with Gasteiger partial charge in [-0.2, -0.15) is 0 Å². The normalized spacial score (nSPS) is 11.0. The third kappa shape index (κ3) is 2.40. The smallest absolute Gasteiger partial charge is 0.348 e. The zero-order valence-corrected chi connectivity index (χ0v) is 7.86. The third-order valence-corrected chi connectivity index (χ3v) is 1.62. The molecule has 0 saturated heterocycles. The van der Waals surface area contributed by atoms with Crippen LogP contribution in [0.2, 0.25) is 0 Å². The molecule has 76 valence electrons. The second kappa shape index (κ2) is 4.52. The third-order valence-electron chi connectivity index (χ3n) is 1.62. The first-order valence-electron chi connectivity index (χ1n) is 4.22. The topological polar surface area (TPSA) is 97.8 Å². The first-order chi connectivity index (χ1) is 6.65. The predicted molar refractivity (Wildman–Crippen MR) is 52.7 cm³/mol. The van der Waals surface area contributed by atoms with E-state index < -0.39 is 4.92 Å². The maximum Gasteiger partial charge on any atom is 0.348 e. The van der Waals surface area contributed by atoms with E-state index in [0.717, 1.165) is 0 Å². The minimum atomic E-state index is -0.484. The van der Waals surface area contributed by atoms with Crippen LogP contribution in [0.1, 0.15) is 17.9 Å². The lowest BCUT2D eigenvalue weighted by atomic mass is 10.3. The van der Waals surface area contributed by atoms with E-state index in [2.05, 4.69) is 9.97 Å². The Bertz CT molecular complexity index is 356. The van der Waals surface area contributed by atoms with E-state index >= 15 is 0 Å². The summed E-state index contributed by atoms with van der Waals surface area (Å²) in [5.74, 6) is 0.458. The second-order valence-corrected chi connectivity index (χ2v) is 2.79. The Kier molecular flexibility index (Phi) is 3.35. The van der Waals surface area contributed by atoms with E-state index in [1.165, 1.54) is 0 Å². The first-order valence-corrected chi connectivity index (χ1v) is 4.22. The van der Waals surface area contributed by atoms with E-state index in [1.807, 2.05) is 0 Å². The van der Waals surface area contributed by atoms with Crippen LogP contribution in [-0.2, 0) is 0 Å². The Morgan fingerprint density at radius 2 is 2.43 bits per heavy atom. The molecule has 1 aromatic heterocycles. The molecule has 0 radical (unpaired) electrons. The average Bonchev–Trinajstić information content (AvgIpc) is 2.47. The van der Waals surface area contributed by atoms with Crippen LogP contribution in [0.3, 0.4) is 0 Å². The van der Waals surface area contributed by atoms with Crippen molar-refractivity contribution in [3.63, 3.8) is 0 Å². The maximum atomic E-state index is 10.5. The Balaban J connectivity index is 2.89. The number of nitrogens with zero attached hydrogens (tertiary/aromatic N) is 2. The monoisotopic (exact) mass is 196 g/mol. The molecule has 14 heavy (non-hydrogen) atoms. The van der Waals surface area contributed by atoms with Gasteiger partial charge in [-0.25, -0.2) is 9.97 Å². The largest absolute Gasteiger partial charge is 0.358 e. The van der Waals surface area contributed by atoms with E-state index in [-0.39, 0.29) is 5.82 Å². The standard InChI is InChI=1S/C8H12N4O2/c1-6-10-7(4-2-3-5-9)8(11-6)12(13)14/h2,4H,3,5,9H2,1H3,(H,10,11). The van der Waals surface area contributed by atoms with Gasteiger partial charge in [-0.05, 0) is 24.0 Å². The Morgan fingerprint density at radius 1 is 1.71 bits per heavy atom. The van der Waals surface area contributed by atoms with Gasteiger partial charge in [-0.1, -0.05) is 6.08 Å². The molecule has 0 aromatic carbocycles. The second-order valence-electron chi connectivity index (χ2n) is 2.79. The van der Waals surface area contributed by atoms with Crippen LogP contribution in [0.4, 0.5) is 5.82 Å². The number of imidazole rings is 1. The lowest BCUT2D eigenvalue weighted by Gasteiger charge is -1.90. The summed E-state index contributed by atoms with van der Waals surface area (Å²) < 4.78 is 0. The van der Waals surface area contributed by atoms with Crippen molar-refractivity contribution in [1.29, 1.82) is 0 Å². The highest BCUT2D eigenvalue weighted by Crippen LogP contribution is 2.16. The van der Waals surface area contributed by atoms with Crippen molar-refractivity contribution in [2.45, 2.75) is 13.3 Å². The Hall–Kier alpha value is -1.69. The van der Waals surface area contributed by atoms with Gasteiger partial charge < -0.3 is 15.8 Å². The summed E-state index contributed by atoms with van der Waals surface area (Å²) in [4.78, 5) is 16.6. The summed E-state index contributed by atoms with van der Waals surface area (Å²) in [6.07, 6.45) is 4.06. The quantitative estimate of drug-likeness (QED) is 0.554. The first kappa shape index (κ1) is 10.4. The number of hydrogen-bond acceptors (Lipinski definition) is 4. The summed E-state index contributed by atoms with van der Waals surface area (Å²) in [7, 11) is 0. The molecular weight excluding hydrogens is 184 g/mol. The van der Waals surface area contributed by atoms with Crippen molar-refractivity contribution in [3.05, 3.63) is 27.7 Å². The van der Waals surface area contributed by atoms with Crippen molar-refractivity contribution in [2.75, 3.05) is 6.54 Å². The van der Waals surface area contributed by atoms with Gasteiger partial charge in [0.2, 0.25) is 0 Å². The number of nitro groups is 1. The molecule has 6 nitrogen and oxygen atoms in total. The number of aromatic amines is 1. The molecule has 0 amide bonds. The zero-order valence-electron chi connectivity index (χ0n) is 7.86. The van der Waals surface area contributed by atoms with Gasteiger partial charge in [-0.3, -0.25) is 0 Å². The lowest BCUT2D eigenvalue weighted by Crippen LogP contribution is -1.95. The predicted octanol–water partition coefficient (Wildman–Crippen LogP) is 0.988. The molecule has 0 fully saturated rings. The van der Waals surface area contributed by atoms with Crippen LogP contribution in [-0.4, -0.2) is 21.4 Å². The molecule has 0 saturated carbocycles. The molecule has 0 atom stereocenters. The Labute approximate surface area is 81.0 Å². The van der Waals surface area contributed by atoms with Crippen LogP contribution >= 0.6 is 0 Å². The van der Waals surface area contributed by atoms with E-state index in [4.69, 9.17) is 5.73 Å². The van der Waals surface area contributed by atoms with Gasteiger partial charge in [0.15, 0.2) is 11.5 Å². The molecule has 0 aliphatic heterocycles. The average molecular weight is 196 g/mol. The molecule has 1 aromatic rings. The Morgan fingerprint density at radius 3 is 3.00 bits per heavy atom. The summed E-state index contributed by atoms with van der Waals surface area (Å²) in [5.41, 5.74) is 5.63. The van der Waals surface area contributed by atoms with Crippen LogP contribution in [0.25, 0.3) is 6.08 Å². The van der Waals surface area contributed by atoms with Crippen molar-refractivity contribution >= 4 is 11.9 Å². The molecule has 3 N–H and O–H groups in total. The molecule has 0 bridgehead atoms. The molecular formula is C8H12N4O2. The van der Waals surface area contributed by atoms with Crippen LogP contribution in [0.15, 0.2) is 6.08 Å². The highest BCUT2D eigenvalue weighted by molar-refractivity contribution is 5.54.